The molecule has 128 valence electrons. The van der Waals surface area contributed by atoms with Crippen molar-refractivity contribution in [2.24, 2.45) is 0 Å². The average Bonchev–Trinajstić information content (AvgIpc) is 2.72. The van der Waals surface area contributed by atoms with Crippen LogP contribution < -0.4 is 9.47 Å². The maximum atomic E-state index is 12.0. The van der Waals surface area contributed by atoms with E-state index in [9.17, 15) is 19.8 Å². The first-order valence-corrected chi connectivity index (χ1v) is 7.36. The Morgan fingerprint density at radius 3 is 2.60 bits per heavy atom. The van der Waals surface area contributed by atoms with Crippen LogP contribution in [-0.2, 0) is 9.59 Å². The van der Waals surface area contributed by atoms with E-state index in [-0.39, 0.29) is 23.7 Å². The van der Waals surface area contributed by atoms with Crippen LogP contribution in [0.15, 0.2) is 42.5 Å². The quantitative estimate of drug-likeness (QED) is 0.340. The SMILES string of the molecule is O=C(O)C=Cc1ccc2c(c1)OC(=O)C[C@H](c1ccc(O)c(O)c1)O2. The number of fused-ring (bicyclic) bond motifs is 1. The molecule has 0 radical (unpaired) electrons. The number of rotatable bonds is 3. The Morgan fingerprint density at radius 1 is 1.08 bits per heavy atom. The van der Waals surface area contributed by atoms with Gasteiger partial charge in [-0.05, 0) is 41.5 Å². The molecular weight excluding hydrogens is 328 g/mol. The molecular formula is C18H14O7. The van der Waals surface area contributed by atoms with E-state index in [0.29, 0.717) is 16.9 Å². The maximum absolute atomic E-state index is 12.0. The Hall–Kier alpha value is -3.48. The topological polar surface area (TPSA) is 113 Å². The highest BCUT2D eigenvalue weighted by molar-refractivity contribution is 5.85. The minimum Gasteiger partial charge on any atom is -0.504 e. The van der Waals surface area contributed by atoms with E-state index < -0.39 is 18.0 Å². The monoisotopic (exact) mass is 342 g/mol. The van der Waals surface area contributed by atoms with Crippen molar-refractivity contribution in [3.8, 4) is 23.0 Å². The van der Waals surface area contributed by atoms with Gasteiger partial charge in [-0.2, -0.15) is 0 Å². The fourth-order valence-corrected chi connectivity index (χ4v) is 2.41. The van der Waals surface area contributed by atoms with Crippen LogP contribution >= 0.6 is 0 Å². The second-order valence-corrected chi connectivity index (χ2v) is 5.41. The Bertz CT molecular complexity index is 870. The van der Waals surface area contributed by atoms with Gasteiger partial charge >= 0.3 is 11.9 Å². The molecule has 2 aromatic rings. The van der Waals surface area contributed by atoms with Gasteiger partial charge in [-0.3, -0.25) is 4.79 Å². The third kappa shape index (κ3) is 3.72. The normalized spacial score (nSPS) is 16.6. The summed E-state index contributed by atoms with van der Waals surface area (Å²) in [4.78, 5) is 22.6. The van der Waals surface area contributed by atoms with Crippen molar-refractivity contribution in [2.45, 2.75) is 12.5 Å². The summed E-state index contributed by atoms with van der Waals surface area (Å²) in [6.07, 6.45) is 1.57. The van der Waals surface area contributed by atoms with Crippen LogP contribution in [0.1, 0.15) is 23.7 Å². The highest BCUT2D eigenvalue weighted by atomic mass is 16.6. The minimum atomic E-state index is -1.09. The summed E-state index contributed by atoms with van der Waals surface area (Å²) in [5, 5.41) is 27.7. The van der Waals surface area contributed by atoms with E-state index in [2.05, 4.69) is 0 Å². The van der Waals surface area contributed by atoms with Gasteiger partial charge in [-0.15, -0.1) is 0 Å². The van der Waals surface area contributed by atoms with E-state index >= 15 is 0 Å². The summed E-state index contributed by atoms with van der Waals surface area (Å²) in [5.74, 6) is -1.70. The van der Waals surface area contributed by atoms with Crippen molar-refractivity contribution < 1.29 is 34.4 Å². The zero-order valence-electron chi connectivity index (χ0n) is 12.9. The molecule has 25 heavy (non-hydrogen) atoms. The molecule has 1 atom stereocenters. The molecule has 0 unspecified atom stereocenters. The number of aliphatic carboxylic acids is 1. The smallest absolute Gasteiger partial charge is 0.328 e. The number of phenolic OH excluding ortho intramolecular Hbond substituents is 2. The van der Waals surface area contributed by atoms with E-state index in [1.54, 1.807) is 18.2 Å². The number of carbonyl (C=O) groups is 2. The van der Waals surface area contributed by atoms with Crippen LogP contribution in [0.4, 0.5) is 0 Å². The molecule has 0 fully saturated rings. The van der Waals surface area contributed by atoms with Gasteiger partial charge in [0, 0.05) is 6.08 Å². The number of phenols is 2. The molecule has 3 N–H and O–H groups in total. The van der Waals surface area contributed by atoms with Crippen molar-refractivity contribution in [1.82, 2.24) is 0 Å². The van der Waals surface area contributed by atoms with Gasteiger partial charge in [0.25, 0.3) is 0 Å². The number of esters is 1. The molecule has 2 aromatic carbocycles. The fraction of sp³-hybridized carbons (Fsp3) is 0.111. The standard InChI is InChI=1S/C18H14O7/c19-12-4-3-11(8-13(12)20)15-9-18(23)25-16-7-10(2-6-17(21)22)1-5-14(16)24-15/h1-8,15,19-20H,9H2,(H,21,22)/t15-/m1/s1. The Kier molecular flexibility index (Phi) is 4.30. The highest BCUT2D eigenvalue weighted by Crippen LogP contribution is 2.38. The van der Waals surface area contributed by atoms with Crippen LogP contribution in [0.2, 0.25) is 0 Å². The van der Waals surface area contributed by atoms with Crippen LogP contribution in [0.25, 0.3) is 6.08 Å². The lowest BCUT2D eigenvalue weighted by molar-refractivity contribution is -0.135. The number of aromatic hydroxyl groups is 2. The molecule has 7 heteroatoms. The van der Waals surface area contributed by atoms with Crippen molar-refractivity contribution >= 4 is 18.0 Å². The molecule has 0 saturated heterocycles. The highest BCUT2D eigenvalue weighted by Gasteiger charge is 2.26. The predicted molar refractivity (Wildman–Crippen MR) is 86.5 cm³/mol. The van der Waals surface area contributed by atoms with E-state index in [1.165, 1.54) is 24.3 Å². The minimum absolute atomic E-state index is 0.0841. The van der Waals surface area contributed by atoms with E-state index in [1.807, 2.05) is 0 Å². The number of benzene rings is 2. The first kappa shape index (κ1) is 16.4. The number of carboxylic acid groups (broad SMARTS) is 1. The summed E-state index contributed by atoms with van der Waals surface area (Å²) in [5.41, 5.74) is 1.05. The molecule has 1 heterocycles. The van der Waals surface area contributed by atoms with Crippen molar-refractivity contribution in [3.63, 3.8) is 0 Å². The van der Waals surface area contributed by atoms with Crippen LogP contribution in [0.3, 0.4) is 0 Å². The Labute approximate surface area is 142 Å². The molecule has 1 aliphatic rings. The fourth-order valence-electron chi connectivity index (χ4n) is 2.41. The van der Waals surface area contributed by atoms with Gasteiger partial charge < -0.3 is 24.8 Å². The van der Waals surface area contributed by atoms with Gasteiger partial charge in [0.15, 0.2) is 23.0 Å². The molecule has 0 bridgehead atoms. The Morgan fingerprint density at radius 2 is 1.88 bits per heavy atom. The molecule has 0 spiro atoms. The Balaban J connectivity index is 1.92. The third-order valence-corrected chi connectivity index (χ3v) is 3.60. The van der Waals surface area contributed by atoms with E-state index in [0.717, 1.165) is 6.08 Å². The zero-order valence-corrected chi connectivity index (χ0v) is 12.9. The van der Waals surface area contributed by atoms with Crippen LogP contribution in [0.5, 0.6) is 23.0 Å². The molecule has 0 saturated carbocycles. The van der Waals surface area contributed by atoms with E-state index in [4.69, 9.17) is 14.6 Å². The van der Waals surface area contributed by atoms with Crippen molar-refractivity contribution in [2.75, 3.05) is 0 Å². The largest absolute Gasteiger partial charge is 0.504 e. The summed E-state index contributed by atoms with van der Waals surface area (Å²) in [6.45, 7) is 0. The third-order valence-electron chi connectivity index (χ3n) is 3.60. The first-order valence-electron chi connectivity index (χ1n) is 7.36. The predicted octanol–water partition coefficient (Wildman–Crippen LogP) is 2.62. The molecule has 7 nitrogen and oxygen atoms in total. The van der Waals surface area contributed by atoms with Gasteiger partial charge in [0.1, 0.15) is 6.10 Å². The van der Waals surface area contributed by atoms with Crippen molar-refractivity contribution in [3.05, 3.63) is 53.6 Å². The molecule has 0 amide bonds. The number of carboxylic acids is 1. The lowest BCUT2D eigenvalue weighted by Gasteiger charge is -2.16. The molecule has 1 aliphatic heterocycles. The lowest BCUT2D eigenvalue weighted by Crippen LogP contribution is -2.13. The summed E-state index contributed by atoms with van der Waals surface area (Å²) < 4.78 is 11.1. The zero-order chi connectivity index (χ0) is 18.0. The van der Waals surface area contributed by atoms with Gasteiger partial charge in [0.05, 0.1) is 6.42 Å². The van der Waals surface area contributed by atoms with Gasteiger partial charge in [0.2, 0.25) is 0 Å². The second-order valence-electron chi connectivity index (χ2n) is 5.41. The molecule has 0 aromatic heterocycles. The van der Waals surface area contributed by atoms with Crippen LogP contribution in [-0.4, -0.2) is 27.3 Å². The summed E-state index contributed by atoms with van der Waals surface area (Å²) >= 11 is 0. The molecule has 0 aliphatic carbocycles. The number of ether oxygens (including phenoxy) is 2. The van der Waals surface area contributed by atoms with Gasteiger partial charge in [-0.25, -0.2) is 4.79 Å². The number of hydrogen-bond donors (Lipinski definition) is 3. The van der Waals surface area contributed by atoms with Crippen LogP contribution in [0, 0.1) is 0 Å². The average molecular weight is 342 g/mol. The van der Waals surface area contributed by atoms with Crippen molar-refractivity contribution in [1.29, 1.82) is 0 Å². The summed E-state index contributed by atoms with van der Waals surface area (Å²) in [6, 6.07) is 8.88. The van der Waals surface area contributed by atoms with Gasteiger partial charge in [-0.1, -0.05) is 12.1 Å². The maximum Gasteiger partial charge on any atom is 0.328 e. The second kappa shape index (κ2) is 6.56. The lowest BCUT2D eigenvalue weighted by atomic mass is 10.1. The number of carbonyl (C=O) groups excluding carboxylic acids is 1. The number of hydrogen-bond acceptors (Lipinski definition) is 6. The first-order chi connectivity index (χ1) is 11.9. The molecule has 3 rings (SSSR count). The summed E-state index contributed by atoms with van der Waals surface area (Å²) in [7, 11) is 0.